The molecule has 2 aromatic carbocycles. The van der Waals surface area contributed by atoms with E-state index in [1.807, 2.05) is 42.6 Å². The quantitative estimate of drug-likeness (QED) is 0.288. The average Bonchev–Trinajstić information content (AvgIpc) is 2.77. The summed E-state index contributed by atoms with van der Waals surface area (Å²) < 4.78 is 5.40. The van der Waals surface area contributed by atoms with Crippen LogP contribution in [0.3, 0.4) is 0 Å². The molecule has 0 bridgehead atoms. The van der Waals surface area contributed by atoms with Crippen LogP contribution in [0.4, 0.5) is 0 Å². The Bertz CT molecular complexity index is 916. The highest BCUT2D eigenvalue weighted by Gasteiger charge is 2.04. The fourth-order valence-corrected chi connectivity index (χ4v) is 3.01. The standard InChI is InChI=1S/C23H26N4O.HI/c1-24-23(26-15-13-19-9-3-4-12-22(19)28-2)27-17-18-8-7-10-20(16-18)21-11-5-6-14-25-21;/h3-12,14,16H,13,15,17H2,1-2H3,(H2,24,26,27);1H. The first-order valence-corrected chi connectivity index (χ1v) is 9.37. The summed E-state index contributed by atoms with van der Waals surface area (Å²) in [6.07, 6.45) is 2.67. The lowest BCUT2D eigenvalue weighted by molar-refractivity contribution is 0.409. The van der Waals surface area contributed by atoms with Gasteiger partial charge in [-0.05, 0) is 41.8 Å². The number of guanidine groups is 1. The summed E-state index contributed by atoms with van der Waals surface area (Å²) >= 11 is 0. The summed E-state index contributed by atoms with van der Waals surface area (Å²) in [6.45, 7) is 1.46. The SMILES string of the molecule is CN=C(NCCc1ccccc1OC)NCc1cccc(-c2ccccn2)c1.I. The number of nitrogens with one attached hydrogen (secondary N) is 2. The van der Waals surface area contributed by atoms with Crippen molar-refractivity contribution in [2.24, 2.45) is 4.99 Å². The summed E-state index contributed by atoms with van der Waals surface area (Å²) in [7, 11) is 3.48. The van der Waals surface area contributed by atoms with Crippen molar-refractivity contribution >= 4 is 29.9 Å². The van der Waals surface area contributed by atoms with Crippen molar-refractivity contribution in [3.05, 3.63) is 84.1 Å². The lowest BCUT2D eigenvalue weighted by Gasteiger charge is -2.13. The van der Waals surface area contributed by atoms with Crippen LogP contribution in [0.15, 0.2) is 77.9 Å². The van der Waals surface area contributed by atoms with Crippen LogP contribution in [0, 0.1) is 0 Å². The first-order valence-electron chi connectivity index (χ1n) is 9.37. The Balaban J connectivity index is 0.00000300. The third kappa shape index (κ3) is 6.74. The van der Waals surface area contributed by atoms with Gasteiger partial charge in [0.25, 0.3) is 0 Å². The molecule has 5 nitrogen and oxygen atoms in total. The van der Waals surface area contributed by atoms with Crippen LogP contribution in [0.1, 0.15) is 11.1 Å². The molecule has 0 fully saturated rings. The number of rotatable bonds is 7. The normalized spacial score (nSPS) is 10.8. The number of methoxy groups -OCH3 is 1. The van der Waals surface area contributed by atoms with Gasteiger partial charge in [0.15, 0.2) is 5.96 Å². The van der Waals surface area contributed by atoms with E-state index in [1.54, 1.807) is 14.2 Å². The largest absolute Gasteiger partial charge is 0.496 e. The molecular formula is C23H27IN4O. The zero-order valence-corrected chi connectivity index (χ0v) is 19.1. The fraction of sp³-hybridized carbons (Fsp3) is 0.217. The van der Waals surface area contributed by atoms with E-state index in [2.05, 4.69) is 50.9 Å². The van der Waals surface area contributed by atoms with Crippen LogP contribution in [0.5, 0.6) is 5.75 Å². The lowest BCUT2D eigenvalue weighted by Crippen LogP contribution is -2.37. The van der Waals surface area contributed by atoms with E-state index in [9.17, 15) is 0 Å². The summed E-state index contributed by atoms with van der Waals surface area (Å²) in [5.74, 6) is 1.69. The van der Waals surface area contributed by atoms with Crippen LogP contribution < -0.4 is 15.4 Å². The molecule has 0 spiro atoms. The van der Waals surface area contributed by atoms with Crippen LogP contribution in [0.2, 0.25) is 0 Å². The molecule has 0 aliphatic heterocycles. The van der Waals surface area contributed by atoms with Gasteiger partial charge in [-0.25, -0.2) is 0 Å². The Kier molecular flexibility index (Phi) is 9.43. The number of halogens is 1. The first kappa shape index (κ1) is 22.7. The van der Waals surface area contributed by atoms with Crippen molar-refractivity contribution in [1.82, 2.24) is 15.6 Å². The molecule has 2 N–H and O–H groups in total. The zero-order valence-electron chi connectivity index (χ0n) is 16.8. The van der Waals surface area contributed by atoms with Gasteiger partial charge in [0.1, 0.15) is 5.75 Å². The van der Waals surface area contributed by atoms with Gasteiger partial charge in [-0.3, -0.25) is 9.98 Å². The monoisotopic (exact) mass is 502 g/mol. The molecule has 3 rings (SSSR count). The van der Waals surface area contributed by atoms with E-state index in [4.69, 9.17) is 4.74 Å². The minimum Gasteiger partial charge on any atom is -0.496 e. The van der Waals surface area contributed by atoms with Crippen LogP contribution >= 0.6 is 24.0 Å². The van der Waals surface area contributed by atoms with E-state index in [0.717, 1.165) is 35.9 Å². The molecule has 0 unspecified atom stereocenters. The summed E-state index contributed by atoms with van der Waals surface area (Å²) in [4.78, 5) is 8.73. The number of pyridine rings is 1. The van der Waals surface area contributed by atoms with Gasteiger partial charge in [0.05, 0.1) is 12.8 Å². The maximum Gasteiger partial charge on any atom is 0.191 e. The smallest absolute Gasteiger partial charge is 0.191 e. The van der Waals surface area contributed by atoms with E-state index in [0.29, 0.717) is 6.54 Å². The highest BCUT2D eigenvalue weighted by molar-refractivity contribution is 14.0. The predicted molar refractivity (Wildman–Crippen MR) is 130 cm³/mol. The van der Waals surface area contributed by atoms with Crippen molar-refractivity contribution in [1.29, 1.82) is 0 Å². The van der Waals surface area contributed by atoms with Crippen LogP contribution in [-0.2, 0) is 13.0 Å². The Labute approximate surface area is 189 Å². The number of hydrogen-bond acceptors (Lipinski definition) is 3. The third-order valence-corrected chi connectivity index (χ3v) is 4.45. The molecule has 3 aromatic rings. The minimum atomic E-state index is 0. The molecule has 6 heteroatoms. The number of para-hydroxylation sites is 1. The van der Waals surface area contributed by atoms with Gasteiger partial charge in [0, 0.05) is 31.9 Å². The second-order valence-electron chi connectivity index (χ2n) is 6.33. The summed E-state index contributed by atoms with van der Waals surface area (Å²) in [5.41, 5.74) is 4.44. The lowest BCUT2D eigenvalue weighted by atomic mass is 10.1. The molecule has 29 heavy (non-hydrogen) atoms. The van der Waals surface area contributed by atoms with Gasteiger partial charge in [-0.2, -0.15) is 0 Å². The Morgan fingerprint density at radius 3 is 2.59 bits per heavy atom. The molecule has 0 radical (unpaired) electrons. The number of nitrogens with zero attached hydrogens (tertiary/aromatic N) is 2. The van der Waals surface area contributed by atoms with Gasteiger partial charge in [-0.1, -0.05) is 42.5 Å². The molecule has 0 aliphatic rings. The predicted octanol–water partition coefficient (Wildman–Crippen LogP) is 4.28. The number of benzene rings is 2. The molecule has 0 saturated heterocycles. The van der Waals surface area contributed by atoms with Gasteiger partial charge in [-0.15, -0.1) is 24.0 Å². The minimum absolute atomic E-state index is 0. The van der Waals surface area contributed by atoms with Crippen molar-refractivity contribution in [2.45, 2.75) is 13.0 Å². The maximum atomic E-state index is 5.40. The molecule has 1 aromatic heterocycles. The molecule has 0 saturated carbocycles. The third-order valence-electron chi connectivity index (χ3n) is 4.45. The van der Waals surface area contributed by atoms with Crippen molar-refractivity contribution < 1.29 is 4.74 Å². The Hall–Kier alpha value is -2.61. The highest BCUT2D eigenvalue weighted by Crippen LogP contribution is 2.18. The van der Waals surface area contributed by atoms with Gasteiger partial charge in [0.2, 0.25) is 0 Å². The molecule has 0 aliphatic carbocycles. The van der Waals surface area contributed by atoms with Crippen molar-refractivity contribution in [2.75, 3.05) is 20.7 Å². The Morgan fingerprint density at radius 1 is 1.00 bits per heavy atom. The molecule has 0 amide bonds. The maximum absolute atomic E-state index is 5.40. The van der Waals surface area contributed by atoms with E-state index in [-0.39, 0.29) is 24.0 Å². The molecular weight excluding hydrogens is 475 g/mol. The van der Waals surface area contributed by atoms with Crippen LogP contribution in [0.25, 0.3) is 11.3 Å². The van der Waals surface area contributed by atoms with Crippen molar-refractivity contribution in [3.63, 3.8) is 0 Å². The molecule has 152 valence electrons. The van der Waals surface area contributed by atoms with Crippen molar-refractivity contribution in [3.8, 4) is 17.0 Å². The first-order chi connectivity index (χ1) is 13.8. The number of ether oxygens (including phenoxy) is 1. The highest BCUT2D eigenvalue weighted by atomic mass is 127. The fourth-order valence-electron chi connectivity index (χ4n) is 3.01. The van der Waals surface area contributed by atoms with E-state index >= 15 is 0 Å². The van der Waals surface area contributed by atoms with Gasteiger partial charge >= 0.3 is 0 Å². The Morgan fingerprint density at radius 2 is 1.83 bits per heavy atom. The van der Waals surface area contributed by atoms with Gasteiger partial charge < -0.3 is 15.4 Å². The molecule has 0 atom stereocenters. The van der Waals surface area contributed by atoms with E-state index in [1.165, 1.54) is 11.1 Å². The zero-order chi connectivity index (χ0) is 19.6. The number of aliphatic imine (C=N–C) groups is 1. The summed E-state index contributed by atoms with van der Waals surface area (Å²) in [6, 6.07) is 22.4. The number of hydrogen-bond donors (Lipinski definition) is 2. The topological polar surface area (TPSA) is 58.5 Å². The second kappa shape index (κ2) is 12.1. The summed E-state index contributed by atoms with van der Waals surface area (Å²) in [5, 5.41) is 6.72. The van der Waals surface area contributed by atoms with E-state index < -0.39 is 0 Å². The average molecular weight is 502 g/mol. The second-order valence-corrected chi connectivity index (χ2v) is 6.33. The number of aromatic nitrogens is 1. The molecule has 1 heterocycles. The van der Waals surface area contributed by atoms with Crippen LogP contribution in [-0.4, -0.2) is 31.6 Å².